The van der Waals surface area contributed by atoms with Crippen LogP contribution in [0.2, 0.25) is 5.02 Å². The van der Waals surface area contributed by atoms with E-state index in [9.17, 15) is 4.79 Å². The van der Waals surface area contributed by atoms with Crippen molar-refractivity contribution in [1.29, 1.82) is 0 Å². The molecule has 0 bridgehead atoms. The van der Waals surface area contributed by atoms with Gasteiger partial charge in [-0.15, -0.1) is 5.10 Å². The summed E-state index contributed by atoms with van der Waals surface area (Å²) in [5, 5.41) is 9.76. The smallest absolute Gasteiger partial charge is 0.255 e. The van der Waals surface area contributed by atoms with Crippen LogP contribution in [-0.2, 0) is 20.0 Å². The van der Waals surface area contributed by atoms with Crippen molar-refractivity contribution in [3.05, 3.63) is 52.3 Å². The topological polar surface area (TPSA) is 79.7 Å². The fourth-order valence-corrected chi connectivity index (χ4v) is 3.82. The number of nitrogens with zero attached hydrogens (tertiary/aromatic N) is 5. The Labute approximate surface area is 153 Å². The van der Waals surface area contributed by atoms with Gasteiger partial charge in [0.25, 0.3) is 5.91 Å². The zero-order chi connectivity index (χ0) is 17.8. The minimum Gasteiger partial charge on any atom is -0.357 e. The lowest BCUT2D eigenvalue weighted by molar-refractivity contribution is 0.0735. The number of rotatable bonds is 1. The average Bonchev–Trinajstić information content (AvgIpc) is 3.22. The van der Waals surface area contributed by atoms with Crippen LogP contribution in [0.1, 0.15) is 21.6 Å². The van der Waals surface area contributed by atoms with Gasteiger partial charge in [-0.1, -0.05) is 28.9 Å². The molecule has 7 nitrogen and oxygen atoms in total. The van der Waals surface area contributed by atoms with E-state index >= 15 is 0 Å². The predicted octanol–water partition coefficient (Wildman–Crippen LogP) is 2.70. The number of nitrogens with one attached hydrogen (secondary N) is 1. The lowest BCUT2D eigenvalue weighted by Crippen LogP contribution is -2.35. The van der Waals surface area contributed by atoms with E-state index in [0.717, 1.165) is 28.6 Å². The molecule has 1 aromatic carbocycles. The molecule has 0 fully saturated rings. The number of H-pyrrole nitrogens is 1. The third kappa shape index (κ3) is 2.20. The number of aromatic amines is 1. The van der Waals surface area contributed by atoms with Crippen LogP contribution in [0.15, 0.2) is 30.5 Å². The molecule has 4 aromatic rings. The summed E-state index contributed by atoms with van der Waals surface area (Å²) in [6.45, 7) is 1.20. The summed E-state index contributed by atoms with van der Waals surface area (Å²) < 4.78 is 1.59. The van der Waals surface area contributed by atoms with Gasteiger partial charge in [0, 0.05) is 49.4 Å². The first-order valence-electron chi connectivity index (χ1n) is 8.34. The highest BCUT2D eigenvalue weighted by Crippen LogP contribution is 2.32. The molecule has 1 N–H and O–H groups in total. The van der Waals surface area contributed by atoms with Crippen LogP contribution < -0.4 is 0 Å². The first-order chi connectivity index (χ1) is 12.6. The number of carbonyl (C=O) groups is 1. The lowest BCUT2D eigenvalue weighted by atomic mass is 10.0. The van der Waals surface area contributed by atoms with Crippen LogP contribution in [0.25, 0.3) is 22.1 Å². The monoisotopic (exact) mass is 366 g/mol. The number of fused-ring (bicyclic) bond motifs is 4. The van der Waals surface area contributed by atoms with Crippen molar-refractivity contribution in [1.82, 2.24) is 29.9 Å². The van der Waals surface area contributed by atoms with Gasteiger partial charge < -0.3 is 9.88 Å². The van der Waals surface area contributed by atoms with E-state index in [4.69, 9.17) is 11.6 Å². The van der Waals surface area contributed by atoms with E-state index in [-0.39, 0.29) is 5.91 Å². The third-order valence-corrected chi connectivity index (χ3v) is 5.25. The van der Waals surface area contributed by atoms with E-state index in [1.165, 1.54) is 0 Å². The van der Waals surface area contributed by atoms with Crippen molar-refractivity contribution in [3.63, 3.8) is 0 Å². The highest BCUT2D eigenvalue weighted by Gasteiger charge is 2.26. The highest BCUT2D eigenvalue weighted by atomic mass is 35.5. The molecule has 26 heavy (non-hydrogen) atoms. The first-order valence-corrected chi connectivity index (χ1v) is 8.72. The van der Waals surface area contributed by atoms with E-state index in [2.05, 4.69) is 20.3 Å². The number of pyridine rings is 1. The van der Waals surface area contributed by atoms with Crippen molar-refractivity contribution >= 4 is 39.6 Å². The van der Waals surface area contributed by atoms with Gasteiger partial charge >= 0.3 is 0 Å². The summed E-state index contributed by atoms with van der Waals surface area (Å²) in [7, 11) is 1.78. The van der Waals surface area contributed by atoms with Crippen LogP contribution in [-0.4, -0.2) is 42.3 Å². The Morgan fingerprint density at radius 3 is 3.12 bits per heavy atom. The second kappa shape index (κ2) is 5.54. The Bertz CT molecular complexity index is 1180. The lowest BCUT2D eigenvalue weighted by Gasteiger charge is -2.27. The maximum Gasteiger partial charge on any atom is 0.255 e. The van der Waals surface area contributed by atoms with Crippen LogP contribution >= 0.6 is 11.6 Å². The molecule has 1 amide bonds. The Kier molecular flexibility index (Phi) is 3.27. The van der Waals surface area contributed by atoms with Gasteiger partial charge in [0.2, 0.25) is 0 Å². The molecule has 0 unspecified atom stereocenters. The number of amides is 1. The minimum atomic E-state index is -0.0490. The molecule has 130 valence electrons. The fraction of sp³-hybridized carbons (Fsp3) is 0.222. The number of benzene rings is 1. The predicted molar refractivity (Wildman–Crippen MR) is 98.1 cm³/mol. The van der Waals surface area contributed by atoms with E-state index in [1.807, 2.05) is 23.1 Å². The van der Waals surface area contributed by atoms with E-state index in [1.54, 1.807) is 24.0 Å². The van der Waals surface area contributed by atoms with Gasteiger partial charge in [-0.05, 0) is 12.1 Å². The standard InChI is InChI=1S/C18H15ClN6O/c1-24-17-15(22-23-24)7-10(8-20-17)18(26)25-6-5-14-12(9-25)11-3-2-4-13(19)16(11)21-14/h2-4,7-8,21H,5-6,9H2,1H3. The van der Waals surface area contributed by atoms with Gasteiger partial charge in [-0.3, -0.25) is 4.79 Å². The fourth-order valence-electron chi connectivity index (χ4n) is 3.60. The second-order valence-corrected chi connectivity index (χ2v) is 6.91. The molecule has 0 saturated carbocycles. The average molecular weight is 367 g/mol. The Morgan fingerprint density at radius 2 is 2.23 bits per heavy atom. The van der Waals surface area contributed by atoms with Gasteiger partial charge in [0.15, 0.2) is 5.65 Å². The van der Waals surface area contributed by atoms with Crippen LogP contribution in [0.3, 0.4) is 0 Å². The zero-order valence-corrected chi connectivity index (χ0v) is 14.8. The summed E-state index contributed by atoms with van der Waals surface area (Å²) in [5.41, 5.74) is 5.04. The van der Waals surface area contributed by atoms with E-state index < -0.39 is 0 Å². The molecule has 0 atom stereocenters. The molecule has 1 aliphatic heterocycles. The molecule has 1 aliphatic rings. The van der Waals surface area contributed by atoms with Gasteiger partial charge in [-0.2, -0.15) is 0 Å². The first kappa shape index (κ1) is 15.3. The Balaban J connectivity index is 1.50. The molecule has 4 heterocycles. The molecule has 0 saturated heterocycles. The van der Waals surface area contributed by atoms with Gasteiger partial charge in [-0.25, -0.2) is 9.67 Å². The molecular formula is C18H15ClN6O. The quantitative estimate of drug-likeness (QED) is 0.561. The molecule has 0 spiro atoms. The minimum absolute atomic E-state index is 0.0490. The Hall–Kier alpha value is -2.93. The number of aromatic nitrogens is 5. The van der Waals surface area contributed by atoms with Crippen molar-refractivity contribution in [2.75, 3.05) is 6.54 Å². The van der Waals surface area contributed by atoms with Crippen LogP contribution in [0, 0.1) is 0 Å². The van der Waals surface area contributed by atoms with Crippen LogP contribution in [0.5, 0.6) is 0 Å². The van der Waals surface area contributed by atoms with Crippen molar-refractivity contribution in [2.45, 2.75) is 13.0 Å². The molecule has 5 rings (SSSR count). The van der Waals surface area contributed by atoms with Gasteiger partial charge in [0.05, 0.1) is 16.1 Å². The van der Waals surface area contributed by atoms with Crippen molar-refractivity contribution in [3.8, 4) is 0 Å². The number of halogens is 1. The summed E-state index contributed by atoms with van der Waals surface area (Å²) in [4.78, 5) is 22.5. The number of hydrogen-bond donors (Lipinski definition) is 1. The summed E-state index contributed by atoms with van der Waals surface area (Å²) >= 11 is 6.29. The normalized spacial score (nSPS) is 14.2. The number of carbonyl (C=O) groups excluding carboxylic acids is 1. The zero-order valence-electron chi connectivity index (χ0n) is 14.0. The van der Waals surface area contributed by atoms with E-state index in [0.29, 0.717) is 34.8 Å². The second-order valence-electron chi connectivity index (χ2n) is 6.50. The van der Waals surface area contributed by atoms with Crippen LogP contribution in [0.4, 0.5) is 0 Å². The molecule has 3 aromatic heterocycles. The van der Waals surface area contributed by atoms with Crippen molar-refractivity contribution < 1.29 is 4.79 Å². The summed E-state index contributed by atoms with van der Waals surface area (Å²) in [5.74, 6) is -0.0490. The number of para-hydroxylation sites is 1. The number of hydrogen-bond acceptors (Lipinski definition) is 4. The summed E-state index contributed by atoms with van der Waals surface area (Å²) in [6, 6.07) is 7.60. The van der Waals surface area contributed by atoms with Gasteiger partial charge in [0.1, 0.15) is 5.52 Å². The SMILES string of the molecule is Cn1nnc2cc(C(=O)N3CCc4[nH]c5c(Cl)cccc5c4C3)cnc21. The maximum atomic E-state index is 13.0. The Morgan fingerprint density at radius 1 is 1.35 bits per heavy atom. The molecule has 8 heteroatoms. The summed E-state index contributed by atoms with van der Waals surface area (Å²) in [6.07, 6.45) is 2.36. The largest absolute Gasteiger partial charge is 0.357 e. The third-order valence-electron chi connectivity index (χ3n) is 4.93. The molecule has 0 radical (unpaired) electrons. The maximum absolute atomic E-state index is 13.0. The number of aryl methyl sites for hydroxylation is 1. The molecular weight excluding hydrogens is 352 g/mol. The molecule has 0 aliphatic carbocycles. The highest BCUT2D eigenvalue weighted by molar-refractivity contribution is 6.35. The van der Waals surface area contributed by atoms with Crippen molar-refractivity contribution in [2.24, 2.45) is 7.05 Å².